The normalized spacial score (nSPS) is 22.6. The molecule has 2 heterocycles. The fraction of sp³-hybridized carbons (Fsp3) is 0.769. The second-order valence-corrected chi connectivity index (χ2v) is 4.94. The van der Waals surface area contributed by atoms with Crippen LogP contribution in [-0.2, 0) is 18.2 Å². The van der Waals surface area contributed by atoms with Gasteiger partial charge in [-0.05, 0) is 44.7 Å². The van der Waals surface area contributed by atoms with E-state index in [0.717, 1.165) is 19.4 Å². The first-order chi connectivity index (χ1) is 8.28. The van der Waals surface area contributed by atoms with E-state index in [2.05, 4.69) is 16.6 Å². The molecule has 1 saturated heterocycles. The number of hydrogen-bond donors (Lipinski definition) is 1. The minimum Gasteiger partial charge on any atom is -0.378 e. The Balaban J connectivity index is 1.83. The maximum Gasteiger partial charge on any atom is 0.0590 e. The third-order valence-corrected chi connectivity index (χ3v) is 3.47. The third-order valence-electron chi connectivity index (χ3n) is 3.47. The van der Waals surface area contributed by atoms with E-state index >= 15 is 0 Å². The van der Waals surface area contributed by atoms with E-state index in [4.69, 9.17) is 4.74 Å². The molecule has 1 fully saturated rings. The molecule has 0 radical (unpaired) electrons. The van der Waals surface area contributed by atoms with Crippen LogP contribution in [0.25, 0.3) is 0 Å². The van der Waals surface area contributed by atoms with Crippen molar-refractivity contribution in [2.24, 2.45) is 7.05 Å². The molecule has 2 unspecified atom stereocenters. The van der Waals surface area contributed by atoms with Gasteiger partial charge in [0.25, 0.3) is 0 Å². The first-order valence-electron chi connectivity index (χ1n) is 6.54. The second-order valence-electron chi connectivity index (χ2n) is 4.94. The molecule has 0 aliphatic carbocycles. The molecule has 2 atom stereocenters. The summed E-state index contributed by atoms with van der Waals surface area (Å²) in [6.07, 6.45) is 10.4. The van der Waals surface area contributed by atoms with Crippen molar-refractivity contribution in [3.8, 4) is 0 Å². The summed E-state index contributed by atoms with van der Waals surface area (Å²) in [6.45, 7) is 0.938. The molecule has 0 amide bonds. The van der Waals surface area contributed by atoms with E-state index < -0.39 is 0 Å². The molecule has 1 aliphatic rings. The number of aromatic nitrogens is 2. The maximum absolute atomic E-state index is 5.79. The molecule has 17 heavy (non-hydrogen) atoms. The zero-order valence-electron chi connectivity index (χ0n) is 10.9. The summed E-state index contributed by atoms with van der Waals surface area (Å²) in [7, 11) is 3.99. The molecule has 4 heteroatoms. The fourth-order valence-electron chi connectivity index (χ4n) is 2.48. The Labute approximate surface area is 103 Å². The highest BCUT2D eigenvalue weighted by Crippen LogP contribution is 2.18. The Morgan fingerprint density at radius 1 is 1.59 bits per heavy atom. The van der Waals surface area contributed by atoms with Crippen molar-refractivity contribution < 1.29 is 4.74 Å². The second kappa shape index (κ2) is 6.17. The fourth-order valence-corrected chi connectivity index (χ4v) is 2.48. The molecule has 0 saturated carbocycles. The molecular weight excluding hydrogens is 214 g/mol. The zero-order chi connectivity index (χ0) is 12.1. The van der Waals surface area contributed by atoms with Crippen LogP contribution in [0.2, 0.25) is 0 Å². The molecule has 0 aromatic carbocycles. The van der Waals surface area contributed by atoms with Crippen LogP contribution in [-0.4, -0.2) is 35.6 Å². The Kier molecular flexibility index (Phi) is 4.57. The van der Waals surface area contributed by atoms with Gasteiger partial charge in [0.1, 0.15) is 0 Å². The van der Waals surface area contributed by atoms with Gasteiger partial charge in [0.05, 0.1) is 12.3 Å². The van der Waals surface area contributed by atoms with Crippen molar-refractivity contribution in [2.45, 2.75) is 44.2 Å². The minimum atomic E-state index is 0.442. The summed E-state index contributed by atoms with van der Waals surface area (Å²) >= 11 is 0. The highest BCUT2D eigenvalue weighted by Gasteiger charge is 2.19. The average Bonchev–Trinajstić information content (AvgIpc) is 2.75. The molecular formula is C13H23N3O. The van der Waals surface area contributed by atoms with Crippen LogP contribution >= 0.6 is 0 Å². The van der Waals surface area contributed by atoms with E-state index in [9.17, 15) is 0 Å². The summed E-state index contributed by atoms with van der Waals surface area (Å²) in [5.41, 5.74) is 1.29. The Hall–Kier alpha value is -0.870. The monoisotopic (exact) mass is 237 g/mol. The summed E-state index contributed by atoms with van der Waals surface area (Å²) in [6, 6.07) is 0.488. The minimum absolute atomic E-state index is 0.442. The predicted molar refractivity (Wildman–Crippen MR) is 68.0 cm³/mol. The van der Waals surface area contributed by atoms with Gasteiger partial charge in [0, 0.05) is 25.9 Å². The average molecular weight is 237 g/mol. The van der Waals surface area contributed by atoms with Crippen LogP contribution in [0.1, 0.15) is 31.2 Å². The van der Waals surface area contributed by atoms with E-state index in [0.29, 0.717) is 12.1 Å². The summed E-state index contributed by atoms with van der Waals surface area (Å²) < 4.78 is 7.65. The van der Waals surface area contributed by atoms with E-state index in [-0.39, 0.29) is 0 Å². The van der Waals surface area contributed by atoms with Gasteiger partial charge >= 0.3 is 0 Å². The molecule has 2 rings (SSSR count). The molecule has 4 nitrogen and oxygen atoms in total. The van der Waals surface area contributed by atoms with Crippen molar-refractivity contribution in [1.29, 1.82) is 0 Å². The summed E-state index contributed by atoms with van der Waals surface area (Å²) in [5, 5.41) is 7.60. The predicted octanol–water partition coefficient (Wildman–Crippen LogP) is 1.51. The molecule has 96 valence electrons. The number of nitrogens with one attached hydrogen (secondary N) is 1. The first-order valence-corrected chi connectivity index (χ1v) is 6.54. The highest BCUT2D eigenvalue weighted by atomic mass is 16.5. The van der Waals surface area contributed by atoms with Crippen LogP contribution in [0.3, 0.4) is 0 Å². The van der Waals surface area contributed by atoms with Gasteiger partial charge in [-0.3, -0.25) is 4.68 Å². The van der Waals surface area contributed by atoms with Crippen LogP contribution < -0.4 is 5.32 Å². The summed E-state index contributed by atoms with van der Waals surface area (Å²) in [5.74, 6) is 0. The van der Waals surface area contributed by atoms with E-state index in [1.807, 2.05) is 25.0 Å². The van der Waals surface area contributed by atoms with Crippen LogP contribution in [0.4, 0.5) is 0 Å². The smallest absolute Gasteiger partial charge is 0.0590 e. The number of rotatable bonds is 5. The largest absolute Gasteiger partial charge is 0.378 e. The molecule has 1 aromatic rings. The van der Waals surface area contributed by atoms with Gasteiger partial charge in [0.2, 0.25) is 0 Å². The van der Waals surface area contributed by atoms with Crippen LogP contribution in [0.5, 0.6) is 0 Å². The Morgan fingerprint density at radius 3 is 3.06 bits per heavy atom. The quantitative estimate of drug-likeness (QED) is 0.843. The SMILES string of the molecule is CNC(Cc1cnn(C)c1)CC1CCCCO1. The Bertz CT molecular complexity index is 331. The van der Waals surface area contributed by atoms with E-state index in [1.165, 1.54) is 24.8 Å². The van der Waals surface area contributed by atoms with Gasteiger partial charge in [-0.15, -0.1) is 0 Å². The summed E-state index contributed by atoms with van der Waals surface area (Å²) in [4.78, 5) is 0. The Morgan fingerprint density at radius 2 is 2.47 bits per heavy atom. The van der Waals surface area contributed by atoms with Crippen molar-refractivity contribution in [2.75, 3.05) is 13.7 Å². The van der Waals surface area contributed by atoms with Crippen molar-refractivity contribution >= 4 is 0 Å². The van der Waals surface area contributed by atoms with Gasteiger partial charge in [0.15, 0.2) is 0 Å². The lowest BCUT2D eigenvalue weighted by Crippen LogP contribution is -2.34. The van der Waals surface area contributed by atoms with Crippen LogP contribution in [0.15, 0.2) is 12.4 Å². The lowest BCUT2D eigenvalue weighted by atomic mass is 9.98. The van der Waals surface area contributed by atoms with E-state index in [1.54, 1.807) is 0 Å². The molecule has 0 spiro atoms. The number of aryl methyl sites for hydroxylation is 1. The molecule has 0 bridgehead atoms. The van der Waals surface area contributed by atoms with Gasteiger partial charge in [-0.1, -0.05) is 0 Å². The number of hydrogen-bond acceptors (Lipinski definition) is 3. The lowest BCUT2D eigenvalue weighted by molar-refractivity contribution is 0.00569. The topological polar surface area (TPSA) is 39.1 Å². The lowest BCUT2D eigenvalue weighted by Gasteiger charge is -2.26. The standard InChI is InChI=1S/C13H23N3O/c1-14-12(7-11-9-15-16(2)10-11)8-13-5-3-4-6-17-13/h9-10,12-14H,3-8H2,1-2H3. The van der Waals surface area contributed by atoms with Gasteiger partial charge < -0.3 is 10.1 Å². The van der Waals surface area contributed by atoms with Crippen molar-refractivity contribution in [1.82, 2.24) is 15.1 Å². The molecule has 1 aliphatic heterocycles. The van der Waals surface area contributed by atoms with Crippen molar-refractivity contribution in [3.63, 3.8) is 0 Å². The molecule has 1 aromatic heterocycles. The maximum atomic E-state index is 5.79. The van der Waals surface area contributed by atoms with Gasteiger partial charge in [-0.2, -0.15) is 5.10 Å². The first kappa shape index (κ1) is 12.6. The molecule has 1 N–H and O–H groups in total. The highest BCUT2D eigenvalue weighted by molar-refractivity contribution is 5.06. The van der Waals surface area contributed by atoms with Gasteiger partial charge in [-0.25, -0.2) is 0 Å². The third kappa shape index (κ3) is 3.82. The number of likely N-dealkylation sites (N-methyl/N-ethyl adjacent to an activating group) is 1. The number of ether oxygens (including phenoxy) is 1. The van der Waals surface area contributed by atoms with Crippen LogP contribution in [0, 0.1) is 0 Å². The zero-order valence-corrected chi connectivity index (χ0v) is 10.9. The van der Waals surface area contributed by atoms with Crippen molar-refractivity contribution in [3.05, 3.63) is 18.0 Å². The number of nitrogens with zero attached hydrogens (tertiary/aromatic N) is 2.